The molecule has 20 heavy (non-hydrogen) atoms. The minimum atomic E-state index is -0.398. The number of methoxy groups -OCH3 is 1. The predicted octanol–water partition coefficient (Wildman–Crippen LogP) is 2.69. The first kappa shape index (κ1) is 14.9. The topological polar surface area (TPSA) is 47.6 Å². The molecule has 4 heteroatoms. The van der Waals surface area contributed by atoms with Crippen LogP contribution in [-0.4, -0.2) is 24.7 Å². The molecule has 0 amide bonds. The summed E-state index contributed by atoms with van der Waals surface area (Å²) in [5.74, 6) is 0.786. The molecule has 0 bridgehead atoms. The van der Waals surface area contributed by atoms with Gasteiger partial charge in [0.15, 0.2) is 0 Å². The zero-order valence-electron chi connectivity index (χ0n) is 12.8. The second-order valence-corrected chi connectivity index (χ2v) is 6.09. The Morgan fingerprint density at radius 3 is 2.60 bits per heavy atom. The van der Waals surface area contributed by atoms with Gasteiger partial charge in [0, 0.05) is 5.56 Å². The van der Waals surface area contributed by atoms with Crippen LogP contribution in [0.3, 0.4) is 0 Å². The molecular formula is C16H23NO3. The summed E-state index contributed by atoms with van der Waals surface area (Å²) in [5, 5.41) is 3.41. The lowest BCUT2D eigenvalue weighted by atomic mass is 9.92. The fourth-order valence-electron chi connectivity index (χ4n) is 2.66. The molecular weight excluding hydrogens is 254 g/mol. The van der Waals surface area contributed by atoms with Crippen LogP contribution >= 0.6 is 0 Å². The molecule has 4 nitrogen and oxygen atoms in total. The molecule has 0 aliphatic carbocycles. The van der Waals surface area contributed by atoms with Crippen LogP contribution in [0, 0.1) is 5.92 Å². The number of para-hydroxylation sites is 1. The summed E-state index contributed by atoms with van der Waals surface area (Å²) in [7, 11) is 1.42. The number of rotatable bonds is 4. The van der Waals surface area contributed by atoms with E-state index in [9.17, 15) is 4.79 Å². The molecule has 2 rings (SSSR count). The lowest BCUT2D eigenvalue weighted by Gasteiger charge is -2.31. The van der Waals surface area contributed by atoms with Crippen LogP contribution in [0.25, 0.3) is 0 Å². The van der Waals surface area contributed by atoms with Gasteiger partial charge in [-0.15, -0.1) is 0 Å². The van der Waals surface area contributed by atoms with Gasteiger partial charge in [0.2, 0.25) is 0 Å². The average molecular weight is 277 g/mol. The molecule has 1 heterocycles. The number of fused-ring (bicyclic) bond motifs is 1. The highest BCUT2D eigenvalue weighted by Gasteiger charge is 2.43. The van der Waals surface area contributed by atoms with Crippen LogP contribution < -0.4 is 10.1 Å². The lowest BCUT2D eigenvalue weighted by Crippen LogP contribution is -2.49. The molecule has 0 radical (unpaired) electrons. The fourth-order valence-corrected chi connectivity index (χ4v) is 2.66. The average Bonchev–Trinajstić information content (AvgIpc) is 2.64. The minimum absolute atomic E-state index is 0.0369. The summed E-state index contributed by atoms with van der Waals surface area (Å²) in [6.45, 7) is 8.06. The first-order chi connectivity index (χ1) is 9.36. The molecule has 0 saturated heterocycles. The van der Waals surface area contributed by atoms with Crippen molar-refractivity contribution in [1.29, 1.82) is 0 Å². The van der Waals surface area contributed by atoms with E-state index >= 15 is 0 Å². The van der Waals surface area contributed by atoms with Crippen LogP contribution in [0.4, 0.5) is 0 Å². The van der Waals surface area contributed by atoms with Gasteiger partial charge in [0.05, 0.1) is 13.2 Å². The van der Waals surface area contributed by atoms with Crippen molar-refractivity contribution in [3.63, 3.8) is 0 Å². The smallest absolute Gasteiger partial charge is 0.323 e. The zero-order chi connectivity index (χ0) is 14.9. The molecule has 0 fully saturated rings. The number of hydrogen-bond donors (Lipinski definition) is 1. The van der Waals surface area contributed by atoms with E-state index in [0.29, 0.717) is 0 Å². The molecule has 110 valence electrons. The van der Waals surface area contributed by atoms with Crippen LogP contribution in [0.15, 0.2) is 24.3 Å². The maximum absolute atomic E-state index is 11.9. The van der Waals surface area contributed by atoms with Gasteiger partial charge in [-0.3, -0.25) is 10.1 Å². The van der Waals surface area contributed by atoms with E-state index in [1.54, 1.807) is 0 Å². The van der Waals surface area contributed by atoms with Gasteiger partial charge < -0.3 is 9.47 Å². The zero-order valence-corrected chi connectivity index (χ0v) is 12.8. The molecule has 1 unspecified atom stereocenters. The number of esters is 1. The SMILES string of the molecule is COC(=O)[C@@H](NC1c2ccccc2OC1(C)C)C(C)C. The Bertz CT molecular complexity index is 496. The number of hydrogen-bond acceptors (Lipinski definition) is 4. The van der Waals surface area contributed by atoms with Crippen molar-refractivity contribution in [2.24, 2.45) is 5.92 Å². The summed E-state index contributed by atoms with van der Waals surface area (Å²) in [6, 6.07) is 7.56. The molecule has 1 aromatic carbocycles. The van der Waals surface area contributed by atoms with Crippen molar-refractivity contribution >= 4 is 5.97 Å². The van der Waals surface area contributed by atoms with Gasteiger partial charge in [0.1, 0.15) is 17.4 Å². The number of carbonyl (C=O) groups excluding carboxylic acids is 1. The molecule has 0 spiro atoms. The van der Waals surface area contributed by atoms with Gasteiger partial charge in [-0.2, -0.15) is 0 Å². The minimum Gasteiger partial charge on any atom is -0.486 e. The first-order valence-corrected chi connectivity index (χ1v) is 6.98. The molecule has 2 atom stereocenters. The number of nitrogens with one attached hydrogen (secondary N) is 1. The number of ether oxygens (including phenoxy) is 2. The molecule has 0 aromatic heterocycles. The summed E-state index contributed by atoms with van der Waals surface area (Å²) in [6.07, 6.45) is 0. The Balaban J connectivity index is 2.29. The molecule has 1 N–H and O–H groups in total. The summed E-state index contributed by atoms with van der Waals surface area (Å²) >= 11 is 0. The van der Waals surface area contributed by atoms with E-state index < -0.39 is 5.60 Å². The van der Waals surface area contributed by atoms with Crippen molar-refractivity contribution in [3.05, 3.63) is 29.8 Å². The van der Waals surface area contributed by atoms with E-state index in [4.69, 9.17) is 9.47 Å². The van der Waals surface area contributed by atoms with Gasteiger partial charge in [-0.05, 0) is 25.8 Å². The quantitative estimate of drug-likeness (QED) is 0.860. The second-order valence-electron chi connectivity index (χ2n) is 6.09. The first-order valence-electron chi connectivity index (χ1n) is 6.98. The third-order valence-electron chi connectivity index (χ3n) is 3.77. The maximum Gasteiger partial charge on any atom is 0.323 e. The molecule has 0 saturated carbocycles. The molecule has 1 aromatic rings. The van der Waals surface area contributed by atoms with Crippen LogP contribution in [-0.2, 0) is 9.53 Å². The Labute approximate surface area is 120 Å². The Hall–Kier alpha value is -1.55. The summed E-state index contributed by atoms with van der Waals surface area (Å²) in [5.41, 5.74) is 0.692. The number of benzene rings is 1. The monoisotopic (exact) mass is 277 g/mol. The third kappa shape index (κ3) is 2.66. The molecule has 1 aliphatic heterocycles. The highest BCUT2D eigenvalue weighted by atomic mass is 16.5. The summed E-state index contributed by atoms with van der Waals surface area (Å²) in [4.78, 5) is 11.9. The Morgan fingerprint density at radius 2 is 2.00 bits per heavy atom. The van der Waals surface area contributed by atoms with Crippen LogP contribution in [0.2, 0.25) is 0 Å². The highest BCUT2D eigenvalue weighted by Crippen LogP contribution is 2.43. The Morgan fingerprint density at radius 1 is 1.35 bits per heavy atom. The second kappa shape index (κ2) is 5.44. The van der Waals surface area contributed by atoms with Gasteiger partial charge in [-0.25, -0.2) is 0 Å². The molecule has 1 aliphatic rings. The normalized spacial score (nSPS) is 21.2. The number of carbonyl (C=O) groups is 1. The van der Waals surface area contributed by atoms with Crippen molar-refractivity contribution in [1.82, 2.24) is 5.32 Å². The van der Waals surface area contributed by atoms with E-state index in [1.807, 2.05) is 52.0 Å². The largest absolute Gasteiger partial charge is 0.486 e. The van der Waals surface area contributed by atoms with E-state index in [-0.39, 0.29) is 24.0 Å². The van der Waals surface area contributed by atoms with E-state index in [0.717, 1.165) is 11.3 Å². The Kier molecular flexibility index (Phi) is 4.04. The van der Waals surface area contributed by atoms with Crippen LogP contribution in [0.5, 0.6) is 5.75 Å². The third-order valence-corrected chi connectivity index (χ3v) is 3.77. The summed E-state index contributed by atoms with van der Waals surface area (Å²) < 4.78 is 10.9. The highest BCUT2D eigenvalue weighted by molar-refractivity contribution is 5.76. The van der Waals surface area contributed by atoms with Crippen LogP contribution in [0.1, 0.15) is 39.3 Å². The van der Waals surface area contributed by atoms with Gasteiger partial charge in [-0.1, -0.05) is 32.0 Å². The van der Waals surface area contributed by atoms with Crippen molar-refractivity contribution in [3.8, 4) is 5.75 Å². The van der Waals surface area contributed by atoms with Crippen molar-refractivity contribution < 1.29 is 14.3 Å². The van der Waals surface area contributed by atoms with Crippen molar-refractivity contribution in [2.75, 3.05) is 7.11 Å². The predicted molar refractivity (Wildman–Crippen MR) is 77.7 cm³/mol. The lowest BCUT2D eigenvalue weighted by molar-refractivity contribution is -0.144. The van der Waals surface area contributed by atoms with Gasteiger partial charge in [0.25, 0.3) is 0 Å². The standard InChI is InChI=1S/C16H23NO3/c1-10(2)13(15(18)19-5)17-14-11-8-6-7-9-12(11)20-16(14,3)4/h6-10,13-14,17H,1-5H3/t13-,14?/m0/s1. The fraction of sp³-hybridized carbons (Fsp3) is 0.562. The van der Waals surface area contributed by atoms with Gasteiger partial charge >= 0.3 is 5.97 Å². The maximum atomic E-state index is 11.9. The van der Waals surface area contributed by atoms with E-state index in [2.05, 4.69) is 5.32 Å². The van der Waals surface area contributed by atoms with E-state index in [1.165, 1.54) is 7.11 Å². The van der Waals surface area contributed by atoms with Crippen molar-refractivity contribution in [2.45, 2.75) is 45.4 Å².